The molecule has 1 saturated heterocycles. The van der Waals surface area contributed by atoms with Crippen LogP contribution >= 0.6 is 23.2 Å². The van der Waals surface area contributed by atoms with E-state index in [9.17, 15) is 9.59 Å². The monoisotopic (exact) mass is 379 g/mol. The van der Waals surface area contributed by atoms with Crippen LogP contribution in [0.15, 0.2) is 46.1 Å². The largest absolute Gasteiger partial charge is 0.467 e. The third-order valence-corrected chi connectivity index (χ3v) is 4.71. The average Bonchev–Trinajstić information content (AvgIpc) is 3.22. The van der Waals surface area contributed by atoms with Crippen molar-refractivity contribution in [2.75, 3.05) is 6.54 Å². The molecule has 130 valence electrons. The number of halogens is 2. The zero-order valence-corrected chi connectivity index (χ0v) is 14.6. The molecule has 1 unspecified atom stereocenters. The molecule has 6 nitrogen and oxygen atoms in total. The summed E-state index contributed by atoms with van der Waals surface area (Å²) in [6.45, 7) is 0.690. The maximum Gasteiger partial charge on any atom is 0.245 e. The lowest BCUT2D eigenvalue weighted by atomic mass is 10.1. The third kappa shape index (κ3) is 4.21. The summed E-state index contributed by atoms with van der Waals surface area (Å²) >= 11 is 12.0. The Kier molecular flexibility index (Phi) is 5.40. The first-order chi connectivity index (χ1) is 12.0. The first-order valence-electron chi connectivity index (χ1n) is 7.61. The van der Waals surface area contributed by atoms with Crippen LogP contribution in [-0.2, 0) is 16.1 Å². The number of hydrogen-bond donors (Lipinski definition) is 1. The molecular weight excluding hydrogens is 365 g/mol. The number of benzene rings is 1. The Balaban J connectivity index is 1.56. The molecule has 2 amide bonds. The van der Waals surface area contributed by atoms with Crippen LogP contribution in [0.5, 0.6) is 0 Å². The van der Waals surface area contributed by atoms with Crippen LogP contribution in [0.25, 0.3) is 0 Å². The summed E-state index contributed by atoms with van der Waals surface area (Å²) in [5.74, 6) is -0.166. The number of rotatable bonds is 5. The van der Waals surface area contributed by atoms with Crippen LogP contribution in [-0.4, -0.2) is 29.5 Å². The molecule has 1 aromatic carbocycles. The van der Waals surface area contributed by atoms with Gasteiger partial charge in [0.15, 0.2) is 0 Å². The van der Waals surface area contributed by atoms with E-state index < -0.39 is 5.92 Å². The smallest absolute Gasteiger partial charge is 0.245 e. The number of nitrogens with zero attached hydrogens (tertiary/aromatic N) is 2. The number of amides is 2. The van der Waals surface area contributed by atoms with Crippen molar-refractivity contribution in [2.45, 2.75) is 13.0 Å². The van der Waals surface area contributed by atoms with Crippen LogP contribution < -0.4 is 5.43 Å². The Morgan fingerprint density at radius 1 is 1.36 bits per heavy atom. The van der Waals surface area contributed by atoms with Gasteiger partial charge in [-0.2, -0.15) is 5.10 Å². The summed E-state index contributed by atoms with van der Waals surface area (Å²) in [6, 6.07) is 8.68. The highest BCUT2D eigenvalue weighted by Crippen LogP contribution is 2.24. The highest BCUT2D eigenvalue weighted by molar-refractivity contribution is 6.43. The molecule has 0 bridgehead atoms. The quantitative estimate of drug-likeness (QED) is 0.640. The lowest BCUT2D eigenvalue weighted by Gasteiger charge is -2.14. The highest BCUT2D eigenvalue weighted by Gasteiger charge is 2.34. The Bertz CT molecular complexity index is 805. The van der Waals surface area contributed by atoms with Crippen molar-refractivity contribution in [1.29, 1.82) is 0 Å². The number of hydrogen-bond acceptors (Lipinski definition) is 4. The second-order valence-corrected chi connectivity index (χ2v) is 6.42. The number of nitrogens with one attached hydrogen (secondary N) is 1. The topological polar surface area (TPSA) is 74.9 Å². The Hall–Kier alpha value is -2.31. The minimum absolute atomic E-state index is 0.0848. The van der Waals surface area contributed by atoms with Crippen molar-refractivity contribution < 1.29 is 14.0 Å². The molecule has 2 heterocycles. The zero-order chi connectivity index (χ0) is 17.8. The van der Waals surface area contributed by atoms with Gasteiger partial charge in [0.05, 0.1) is 35.0 Å². The zero-order valence-electron chi connectivity index (χ0n) is 13.1. The Labute approximate surface area is 154 Å². The fourth-order valence-corrected chi connectivity index (χ4v) is 2.92. The molecule has 8 heteroatoms. The fourth-order valence-electron chi connectivity index (χ4n) is 2.57. The van der Waals surface area contributed by atoms with Gasteiger partial charge in [-0.25, -0.2) is 5.43 Å². The molecular formula is C17H15Cl2N3O3. The predicted octanol–water partition coefficient (Wildman–Crippen LogP) is 3.09. The van der Waals surface area contributed by atoms with E-state index in [-0.39, 0.29) is 18.2 Å². The minimum atomic E-state index is -0.450. The summed E-state index contributed by atoms with van der Waals surface area (Å²) in [5.41, 5.74) is 3.04. The van der Waals surface area contributed by atoms with Gasteiger partial charge in [0.1, 0.15) is 5.76 Å². The Morgan fingerprint density at radius 2 is 2.20 bits per heavy atom. The normalized spacial score (nSPS) is 17.4. The number of furan rings is 1. The van der Waals surface area contributed by atoms with Crippen molar-refractivity contribution in [1.82, 2.24) is 10.3 Å². The first-order valence-corrected chi connectivity index (χ1v) is 8.37. The standard InChI is InChI=1S/C17H15Cl2N3O3/c18-14-5-1-3-11(16(14)19)8-20-21-17(24)12-7-15(23)22(9-12)10-13-4-2-6-25-13/h1-6,8,12H,7,9-10H2,(H,21,24)/b20-8+. The molecule has 1 N–H and O–H groups in total. The van der Waals surface area contributed by atoms with E-state index in [1.54, 1.807) is 41.5 Å². The van der Waals surface area contributed by atoms with Crippen LogP contribution in [0.1, 0.15) is 17.7 Å². The number of likely N-dealkylation sites (tertiary alicyclic amines) is 1. The fraction of sp³-hybridized carbons (Fsp3) is 0.235. The predicted molar refractivity (Wildman–Crippen MR) is 94.4 cm³/mol. The van der Waals surface area contributed by atoms with Crippen molar-refractivity contribution in [3.05, 3.63) is 58.0 Å². The van der Waals surface area contributed by atoms with Gasteiger partial charge in [-0.1, -0.05) is 35.3 Å². The lowest BCUT2D eigenvalue weighted by molar-refractivity contribution is -0.129. The summed E-state index contributed by atoms with van der Waals surface area (Å²) in [6.07, 6.45) is 3.12. The van der Waals surface area contributed by atoms with E-state index in [1.807, 2.05) is 0 Å². The van der Waals surface area contributed by atoms with Gasteiger partial charge in [-0.3, -0.25) is 9.59 Å². The van der Waals surface area contributed by atoms with Gasteiger partial charge in [0.2, 0.25) is 11.8 Å². The van der Waals surface area contributed by atoms with Gasteiger partial charge in [0, 0.05) is 18.5 Å². The van der Waals surface area contributed by atoms with E-state index >= 15 is 0 Å². The molecule has 1 fully saturated rings. The lowest BCUT2D eigenvalue weighted by Crippen LogP contribution is -2.30. The highest BCUT2D eigenvalue weighted by atomic mass is 35.5. The molecule has 1 aromatic heterocycles. The van der Waals surface area contributed by atoms with E-state index in [0.717, 1.165) is 0 Å². The van der Waals surface area contributed by atoms with Crippen LogP contribution in [0.2, 0.25) is 10.0 Å². The molecule has 2 aromatic rings. The molecule has 0 aliphatic carbocycles. The molecule has 1 aliphatic heterocycles. The van der Waals surface area contributed by atoms with E-state index in [1.165, 1.54) is 6.21 Å². The van der Waals surface area contributed by atoms with Crippen LogP contribution in [0, 0.1) is 5.92 Å². The average molecular weight is 380 g/mol. The van der Waals surface area contributed by atoms with Crippen LogP contribution in [0.3, 0.4) is 0 Å². The molecule has 0 spiro atoms. The van der Waals surface area contributed by atoms with Crippen molar-refractivity contribution in [3.8, 4) is 0 Å². The maximum atomic E-state index is 12.2. The van der Waals surface area contributed by atoms with Crippen molar-refractivity contribution in [2.24, 2.45) is 11.0 Å². The molecule has 1 aliphatic rings. The third-order valence-electron chi connectivity index (χ3n) is 3.87. The summed E-state index contributed by atoms with van der Waals surface area (Å²) in [4.78, 5) is 25.8. The van der Waals surface area contributed by atoms with Crippen molar-refractivity contribution >= 4 is 41.2 Å². The Morgan fingerprint density at radius 3 is 2.96 bits per heavy atom. The first kappa shape index (κ1) is 17.5. The summed E-state index contributed by atoms with van der Waals surface area (Å²) in [7, 11) is 0. The number of carbonyl (C=O) groups is 2. The summed E-state index contributed by atoms with van der Waals surface area (Å²) in [5, 5.41) is 4.67. The number of carbonyl (C=O) groups excluding carboxylic acids is 2. The summed E-state index contributed by atoms with van der Waals surface area (Å²) < 4.78 is 5.23. The molecule has 0 saturated carbocycles. The maximum absolute atomic E-state index is 12.2. The van der Waals surface area contributed by atoms with Gasteiger partial charge in [0.25, 0.3) is 0 Å². The SMILES string of the molecule is O=C(N/N=C/c1cccc(Cl)c1Cl)C1CC(=O)N(Cc2ccco2)C1. The molecule has 25 heavy (non-hydrogen) atoms. The van der Waals surface area contributed by atoms with E-state index in [4.69, 9.17) is 27.6 Å². The van der Waals surface area contributed by atoms with Gasteiger partial charge < -0.3 is 9.32 Å². The van der Waals surface area contributed by atoms with E-state index in [2.05, 4.69) is 10.5 Å². The minimum Gasteiger partial charge on any atom is -0.467 e. The molecule has 3 rings (SSSR count). The molecule has 1 atom stereocenters. The van der Waals surface area contributed by atoms with Gasteiger partial charge in [-0.05, 0) is 18.2 Å². The second-order valence-electron chi connectivity index (χ2n) is 5.63. The van der Waals surface area contributed by atoms with Gasteiger partial charge >= 0.3 is 0 Å². The van der Waals surface area contributed by atoms with Crippen molar-refractivity contribution in [3.63, 3.8) is 0 Å². The second kappa shape index (κ2) is 7.72. The van der Waals surface area contributed by atoms with Crippen LogP contribution in [0.4, 0.5) is 0 Å². The van der Waals surface area contributed by atoms with E-state index in [0.29, 0.717) is 34.5 Å². The molecule has 0 radical (unpaired) electrons. The van der Waals surface area contributed by atoms with Gasteiger partial charge in [-0.15, -0.1) is 0 Å². The number of hydrazone groups is 1.